The van der Waals surface area contributed by atoms with Crippen molar-refractivity contribution in [2.24, 2.45) is 0 Å². The van der Waals surface area contributed by atoms with Crippen molar-refractivity contribution in [2.75, 3.05) is 19.0 Å². The number of anilines is 1. The van der Waals surface area contributed by atoms with Gasteiger partial charge in [0.25, 0.3) is 0 Å². The molecule has 0 aliphatic heterocycles. The molecule has 1 aromatic carbocycles. The van der Waals surface area contributed by atoms with Crippen LogP contribution in [-0.4, -0.2) is 41.2 Å². The van der Waals surface area contributed by atoms with E-state index in [0.717, 1.165) is 0 Å². The number of carbonyl (C=O) groups excluding carboxylic acids is 1. The smallest absolute Gasteiger partial charge is 0.322 e. The van der Waals surface area contributed by atoms with Crippen LogP contribution < -0.4 is 10.1 Å². The van der Waals surface area contributed by atoms with Crippen molar-refractivity contribution in [1.29, 1.82) is 0 Å². The Morgan fingerprint density at radius 2 is 2.00 bits per heavy atom. The summed E-state index contributed by atoms with van der Waals surface area (Å²) in [5.41, 5.74) is 0.127. The Bertz CT molecular complexity index is 509. The molecule has 2 amide bonds. The third kappa shape index (κ3) is 5.33. The van der Waals surface area contributed by atoms with Crippen molar-refractivity contribution in [1.82, 2.24) is 4.90 Å². The molecule has 0 bridgehead atoms. The van der Waals surface area contributed by atoms with E-state index in [9.17, 15) is 9.59 Å². The Balaban J connectivity index is 2.82. The Kier molecular flexibility index (Phi) is 5.58. The minimum absolute atomic E-state index is 0.0944. The number of hydrogen-bond acceptors (Lipinski definition) is 3. The number of nitrogens with one attached hydrogen (secondary N) is 1. The molecule has 1 rings (SSSR count). The summed E-state index contributed by atoms with van der Waals surface area (Å²) in [5.74, 6) is -0.293. The number of carboxylic acids is 1. The zero-order chi connectivity index (χ0) is 16.0. The minimum atomic E-state index is -0.932. The SMILES string of the molecule is COc1cccc(NC(=O)N(CCC(=O)O)C(C)(C)C)c1. The van der Waals surface area contributed by atoms with E-state index in [2.05, 4.69) is 5.32 Å². The maximum absolute atomic E-state index is 12.4. The molecule has 6 heteroatoms. The van der Waals surface area contributed by atoms with Crippen LogP contribution in [0.2, 0.25) is 0 Å². The topological polar surface area (TPSA) is 78.9 Å². The maximum Gasteiger partial charge on any atom is 0.322 e. The number of urea groups is 1. The number of nitrogens with zero attached hydrogens (tertiary/aromatic N) is 1. The Hall–Kier alpha value is -2.24. The van der Waals surface area contributed by atoms with Gasteiger partial charge in [0, 0.05) is 23.8 Å². The first-order valence-corrected chi connectivity index (χ1v) is 6.68. The summed E-state index contributed by atoms with van der Waals surface area (Å²) in [5, 5.41) is 11.6. The number of methoxy groups -OCH3 is 1. The lowest BCUT2D eigenvalue weighted by Crippen LogP contribution is -2.48. The van der Waals surface area contributed by atoms with Crippen molar-refractivity contribution in [3.8, 4) is 5.75 Å². The standard InChI is InChI=1S/C15H22N2O4/c1-15(2,3)17(9-8-13(18)19)14(20)16-11-6-5-7-12(10-11)21-4/h5-7,10H,8-9H2,1-4H3,(H,16,20)(H,18,19). The van der Waals surface area contributed by atoms with Gasteiger partial charge in [0.05, 0.1) is 13.5 Å². The highest BCUT2D eigenvalue weighted by Crippen LogP contribution is 2.20. The summed E-state index contributed by atoms with van der Waals surface area (Å²) in [7, 11) is 1.55. The molecule has 0 radical (unpaired) electrons. The molecule has 0 fully saturated rings. The fraction of sp³-hybridized carbons (Fsp3) is 0.467. The lowest BCUT2D eigenvalue weighted by molar-refractivity contribution is -0.137. The van der Waals surface area contributed by atoms with Crippen molar-refractivity contribution in [3.63, 3.8) is 0 Å². The van der Waals surface area contributed by atoms with E-state index in [4.69, 9.17) is 9.84 Å². The van der Waals surface area contributed by atoms with Gasteiger partial charge < -0.3 is 20.1 Å². The predicted molar refractivity (Wildman–Crippen MR) is 80.7 cm³/mol. The predicted octanol–water partition coefficient (Wildman–Crippen LogP) is 2.80. The van der Waals surface area contributed by atoms with Crippen molar-refractivity contribution < 1.29 is 19.4 Å². The van der Waals surface area contributed by atoms with E-state index in [1.165, 1.54) is 4.90 Å². The second-order valence-electron chi connectivity index (χ2n) is 5.63. The van der Waals surface area contributed by atoms with E-state index in [1.54, 1.807) is 31.4 Å². The number of carbonyl (C=O) groups is 2. The molecular formula is C15H22N2O4. The van der Waals surface area contributed by atoms with Gasteiger partial charge in [-0.05, 0) is 32.9 Å². The highest BCUT2D eigenvalue weighted by molar-refractivity contribution is 5.90. The number of ether oxygens (including phenoxy) is 1. The summed E-state index contributed by atoms with van der Waals surface area (Å²) >= 11 is 0. The van der Waals surface area contributed by atoms with E-state index in [1.807, 2.05) is 20.8 Å². The van der Waals surface area contributed by atoms with Gasteiger partial charge in [0.2, 0.25) is 0 Å². The average Bonchev–Trinajstić information content (AvgIpc) is 2.37. The summed E-state index contributed by atoms with van der Waals surface area (Å²) in [6, 6.07) is 6.67. The normalized spacial score (nSPS) is 10.9. The van der Waals surface area contributed by atoms with Crippen LogP contribution in [0.4, 0.5) is 10.5 Å². The van der Waals surface area contributed by atoms with Gasteiger partial charge in [-0.1, -0.05) is 6.07 Å². The van der Waals surface area contributed by atoms with Crippen molar-refractivity contribution in [2.45, 2.75) is 32.7 Å². The molecule has 0 saturated heterocycles. The van der Waals surface area contributed by atoms with Crippen LogP contribution in [0.15, 0.2) is 24.3 Å². The molecule has 6 nitrogen and oxygen atoms in total. The molecule has 0 spiro atoms. The van der Waals surface area contributed by atoms with E-state index < -0.39 is 11.5 Å². The van der Waals surface area contributed by atoms with Gasteiger partial charge in [0.1, 0.15) is 5.75 Å². The van der Waals surface area contributed by atoms with Crippen molar-refractivity contribution in [3.05, 3.63) is 24.3 Å². The zero-order valence-corrected chi connectivity index (χ0v) is 12.8. The fourth-order valence-electron chi connectivity index (χ4n) is 1.84. The van der Waals surface area contributed by atoms with Gasteiger partial charge in [-0.15, -0.1) is 0 Å². The Morgan fingerprint density at radius 3 is 2.52 bits per heavy atom. The van der Waals surface area contributed by atoms with Crippen LogP contribution in [0, 0.1) is 0 Å². The van der Waals surface area contributed by atoms with E-state index >= 15 is 0 Å². The number of amides is 2. The quantitative estimate of drug-likeness (QED) is 0.875. The van der Waals surface area contributed by atoms with E-state index in [0.29, 0.717) is 11.4 Å². The van der Waals surface area contributed by atoms with Gasteiger partial charge in [-0.3, -0.25) is 4.79 Å². The molecule has 0 aliphatic rings. The highest BCUT2D eigenvalue weighted by Gasteiger charge is 2.26. The van der Waals surface area contributed by atoms with Crippen LogP contribution in [0.5, 0.6) is 5.75 Å². The molecule has 116 valence electrons. The molecule has 0 unspecified atom stereocenters. The lowest BCUT2D eigenvalue weighted by Gasteiger charge is -2.35. The number of rotatable bonds is 5. The van der Waals surface area contributed by atoms with Crippen LogP contribution in [0.3, 0.4) is 0 Å². The summed E-state index contributed by atoms with van der Waals surface area (Å²) in [6.07, 6.45) is -0.0944. The first kappa shape index (κ1) is 16.8. The van der Waals surface area contributed by atoms with Crippen molar-refractivity contribution >= 4 is 17.7 Å². The third-order valence-corrected chi connectivity index (χ3v) is 2.93. The lowest BCUT2D eigenvalue weighted by atomic mass is 10.1. The Morgan fingerprint density at radius 1 is 1.33 bits per heavy atom. The second-order valence-corrected chi connectivity index (χ2v) is 5.63. The monoisotopic (exact) mass is 294 g/mol. The van der Waals surface area contributed by atoms with Gasteiger partial charge in [-0.2, -0.15) is 0 Å². The Labute approximate surface area is 124 Å². The number of aliphatic carboxylic acids is 1. The molecule has 21 heavy (non-hydrogen) atoms. The molecule has 2 N–H and O–H groups in total. The summed E-state index contributed by atoms with van der Waals surface area (Å²) in [6.45, 7) is 5.73. The molecule has 0 atom stereocenters. The zero-order valence-electron chi connectivity index (χ0n) is 12.8. The van der Waals surface area contributed by atoms with Crippen LogP contribution in [0.25, 0.3) is 0 Å². The number of hydrogen-bond donors (Lipinski definition) is 2. The molecule has 0 heterocycles. The second kappa shape index (κ2) is 6.97. The molecule has 1 aromatic rings. The largest absolute Gasteiger partial charge is 0.497 e. The molecule has 0 aliphatic carbocycles. The van der Waals surface area contributed by atoms with Gasteiger partial charge >= 0.3 is 12.0 Å². The molecule has 0 aromatic heterocycles. The highest BCUT2D eigenvalue weighted by atomic mass is 16.5. The van der Waals surface area contributed by atoms with E-state index in [-0.39, 0.29) is 19.0 Å². The first-order chi connectivity index (χ1) is 9.74. The molecule has 0 saturated carbocycles. The summed E-state index contributed by atoms with van der Waals surface area (Å²) in [4.78, 5) is 24.6. The number of benzene rings is 1. The number of carboxylic acid groups (broad SMARTS) is 1. The molecular weight excluding hydrogens is 272 g/mol. The van der Waals surface area contributed by atoms with Gasteiger partial charge in [-0.25, -0.2) is 4.79 Å². The maximum atomic E-state index is 12.4. The van der Waals surface area contributed by atoms with Crippen LogP contribution >= 0.6 is 0 Å². The van der Waals surface area contributed by atoms with Crippen LogP contribution in [0.1, 0.15) is 27.2 Å². The summed E-state index contributed by atoms with van der Waals surface area (Å²) < 4.78 is 5.10. The third-order valence-electron chi connectivity index (χ3n) is 2.93. The van der Waals surface area contributed by atoms with Gasteiger partial charge in [0.15, 0.2) is 0 Å². The van der Waals surface area contributed by atoms with Crippen LogP contribution in [-0.2, 0) is 4.79 Å². The fourth-order valence-corrected chi connectivity index (χ4v) is 1.84. The minimum Gasteiger partial charge on any atom is -0.497 e. The first-order valence-electron chi connectivity index (χ1n) is 6.68. The average molecular weight is 294 g/mol.